The van der Waals surface area contributed by atoms with Gasteiger partial charge in [0.2, 0.25) is 0 Å². The van der Waals surface area contributed by atoms with Crippen LogP contribution in [0.4, 0.5) is 0 Å². The molecule has 19 heavy (non-hydrogen) atoms. The van der Waals surface area contributed by atoms with Crippen LogP contribution in [0.1, 0.15) is 28.3 Å². The normalized spacial score (nSPS) is 12.3. The number of aryl methyl sites for hydroxylation is 1. The summed E-state index contributed by atoms with van der Waals surface area (Å²) in [5.41, 5.74) is 10.9. The summed E-state index contributed by atoms with van der Waals surface area (Å²) >= 11 is 5.98. The fourth-order valence-electron chi connectivity index (χ4n) is 2.22. The number of ether oxygens (including phenoxy) is 1. The van der Waals surface area contributed by atoms with Crippen LogP contribution in [0.5, 0.6) is 5.75 Å². The lowest BCUT2D eigenvalue weighted by molar-refractivity contribution is 0.408. The zero-order valence-corrected chi connectivity index (χ0v) is 12.2. The maximum atomic E-state index is 6.39. The van der Waals surface area contributed by atoms with Gasteiger partial charge in [-0.25, -0.2) is 0 Å². The van der Waals surface area contributed by atoms with Gasteiger partial charge < -0.3 is 10.5 Å². The zero-order valence-electron chi connectivity index (χ0n) is 11.4. The summed E-state index contributed by atoms with van der Waals surface area (Å²) in [4.78, 5) is 0. The molecule has 0 aliphatic heterocycles. The second kappa shape index (κ2) is 5.64. The van der Waals surface area contributed by atoms with Gasteiger partial charge in [-0.15, -0.1) is 0 Å². The first-order valence-electron chi connectivity index (χ1n) is 6.19. The van der Waals surface area contributed by atoms with Crippen molar-refractivity contribution in [3.05, 3.63) is 63.7 Å². The molecule has 0 saturated heterocycles. The molecular formula is C16H18ClNO. The van der Waals surface area contributed by atoms with Gasteiger partial charge in [0.1, 0.15) is 5.75 Å². The molecule has 3 heteroatoms. The van der Waals surface area contributed by atoms with Crippen LogP contribution in [-0.2, 0) is 0 Å². The Kier molecular flexibility index (Phi) is 4.13. The van der Waals surface area contributed by atoms with E-state index in [4.69, 9.17) is 22.1 Å². The molecule has 2 nitrogen and oxygen atoms in total. The molecule has 1 atom stereocenters. The minimum atomic E-state index is -0.216. The Morgan fingerprint density at radius 1 is 1.11 bits per heavy atom. The van der Waals surface area contributed by atoms with Crippen LogP contribution in [0.25, 0.3) is 0 Å². The number of hydrogen-bond donors (Lipinski definition) is 1. The van der Waals surface area contributed by atoms with Crippen LogP contribution in [0.15, 0.2) is 36.4 Å². The largest absolute Gasteiger partial charge is 0.496 e. The van der Waals surface area contributed by atoms with Crippen molar-refractivity contribution in [3.63, 3.8) is 0 Å². The monoisotopic (exact) mass is 275 g/mol. The molecule has 1 unspecified atom stereocenters. The highest BCUT2D eigenvalue weighted by Crippen LogP contribution is 2.32. The van der Waals surface area contributed by atoms with Crippen molar-refractivity contribution in [1.82, 2.24) is 0 Å². The highest BCUT2D eigenvalue weighted by atomic mass is 35.5. The quantitative estimate of drug-likeness (QED) is 0.918. The molecule has 2 aromatic carbocycles. The molecule has 0 bridgehead atoms. The van der Waals surface area contributed by atoms with E-state index in [-0.39, 0.29) is 6.04 Å². The summed E-state index contributed by atoms with van der Waals surface area (Å²) in [6, 6.07) is 11.5. The Balaban J connectivity index is 2.49. The van der Waals surface area contributed by atoms with E-state index >= 15 is 0 Å². The molecule has 0 aliphatic carbocycles. The van der Waals surface area contributed by atoms with E-state index in [0.29, 0.717) is 5.02 Å². The van der Waals surface area contributed by atoms with Crippen molar-refractivity contribution >= 4 is 11.6 Å². The van der Waals surface area contributed by atoms with Crippen molar-refractivity contribution in [2.24, 2.45) is 5.73 Å². The van der Waals surface area contributed by atoms with Crippen LogP contribution >= 0.6 is 11.6 Å². The first-order valence-corrected chi connectivity index (χ1v) is 6.57. The van der Waals surface area contributed by atoms with Gasteiger partial charge in [0.05, 0.1) is 13.2 Å². The van der Waals surface area contributed by atoms with E-state index < -0.39 is 0 Å². The van der Waals surface area contributed by atoms with Crippen LogP contribution < -0.4 is 10.5 Å². The highest BCUT2D eigenvalue weighted by Gasteiger charge is 2.16. The number of rotatable bonds is 3. The molecule has 0 aliphatic rings. The van der Waals surface area contributed by atoms with Crippen molar-refractivity contribution in [1.29, 1.82) is 0 Å². The maximum absolute atomic E-state index is 6.39. The highest BCUT2D eigenvalue weighted by molar-refractivity contribution is 6.30. The van der Waals surface area contributed by atoms with Gasteiger partial charge in [-0.05, 0) is 42.7 Å². The summed E-state index contributed by atoms with van der Waals surface area (Å²) in [7, 11) is 1.63. The van der Waals surface area contributed by atoms with Gasteiger partial charge in [-0.2, -0.15) is 0 Å². The number of halogens is 1. The van der Waals surface area contributed by atoms with Crippen molar-refractivity contribution in [3.8, 4) is 5.75 Å². The Bertz CT molecular complexity index is 595. The Morgan fingerprint density at radius 3 is 2.53 bits per heavy atom. The second-order valence-corrected chi connectivity index (χ2v) is 5.09. The average Bonchev–Trinajstić information content (AvgIpc) is 2.41. The minimum Gasteiger partial charge on any atom is -0.496 e. The van der Waals surface area contributed by atoms with Gasteiger partial charge in [0.15, 0.2) is 0 Å². The summed E-state index contributed by atoms with van der Waals surface area (Å²) in [5, 5.41) is 0.647. The zero-order chi connectivity index (χ0) is 14.0. The van der Waals surface area contributed by atoms with E-state index in [2.05, 4.69) is 26.0 Å². The van der Waals surface area contributed by atoms with Gasteiger partial charge in [-0.3, -0.25) is 0 Å². The molecule has 0 spiro atoms. The summed E-state index contributed by atoms with van der Waals surface area (Å²) in [6.07, 6.45) is 0. The lowest BCUT2D eigenvalue weighted by Gasteiger charge is -2.19. The lowest BCUT2D eigenvalue weighted by atomic mass is 9.93. The summed E-state index contributed by atoms with van der Waals surface area (Å²) in [5.74, 6) is 0.723. The molecule has 0 heterocycles. The van der Waals surface area contributed by atoms with E-state index in [1.807, 2.05) is 18.2 Å². The molecule has 0 saturated carbocycles. The molecule has 0 fully saturated rings. The topological polar surface area (TPSA) is 35.2 Å². The predicted octanol–water partition coefficient (Wildman–Crippen LogP) is 4.01. The number of nitrogens with two attached hydrogens (primary N) is 1. The van der Waals surface area contributed by atoms with E-state index in [1.54, 1.807) is 13.2 Å². The molecule has 0 radical (unpaired) electrons. The van der Waals surface area contributed by atoms with Gasteiger partial charge in [0.25, 0.3) is 0 Å². The third-order valence-corrected chi connectivity index (χ3v) is 3.75. The van der Waals surface area contributed by atoms with Crippen molar-refractivity contribution in [2.75, 3.05) is 7.11 Å². The molecule has 0 amide bonds. The first-order chi connectivity index (χ1) is 9.04. The minimum absolute atomic E-state index is 0.216. The van der Waals surface area contributed by atoms with Crippen LogP contribution in [0.2, 0.25) is 5.02 Å². The molecule has 2 N–H and O–H groups in total. The number of hydrogen-bond acceptors (Lipinski definition) is 2. The van der Waals surface area contributed by atoms with Gasteiger partial charge in [-0.1, -0.05) is 35.9 Å². The average molecular weight is 276 g/mol. The molecular weight excluding hydrogens is 258 g/mol. The predicted molar refractivity (Wildman–Crippen MR) is 80.0 cm³/mol. The Hall–Kier alpha value is -1.51. The van der Waals surface area contributed by atoms with Crippen LogP contribution in [-0.4, -0.2) is 7.11 Å². The van der Waals surface area contributed by atoms with Gasteiger partial charge in [0, 0.05) is 10.6 Å². The Morgan fingerprint density at radius 2 is 1.84 bits per heavy atom. The molecule has 2 rings (SSSR count). The number of benzene rings is 2. The maximum Gasteiger partial charge on any atom is 0.125 e. The van der Waals surface area contributed by atoms with Crippen molar-refractivity contribution < 1.29 is 4.74 Å². The van der Waals surface area contributed by atoms with Gasteiger partial charge >= 0.3 is 0 Å². The second-order valence-electron chi connectivity index (χ2n) is 4.65. The van der Waals surface area contributed by atoms with E-state index in [0.717, 1.165) is 16.9 Å². The fraction of sp³-hybridized carbons (Fsp3) is 0.250. The van der Waals surface area contributed by atoms with E-state index in [9.17, 15) is 0 Å². The SMILES string of the molecule is COc1cc(Cl)ccc1C(N)c1cccc(C)c1C. The van der Waals surface area contributed by atoms with E-state index in [1.165, 1.54) is 11.1 Å². The van der Waals surface area contributed by atoms with Crippen LogP contribution in [0, 0.1) is 13.8 Å². The molecule has 0 aromatic heterocycles. The van der Waals surface area contributed by atoms with Crippen LogP contribution in [0.3, 0.4) is 0 Å². The Labute approximate surface area is 119 Å². The fourth-order valence-corrected chi connectivity index (χ4v) is 2.38. The third kappa shape index (κ3) is 2.75. The molecule has 100 valence electrons. The van der Waals surface area contributed by atoms with Crippen molar-refractivity contribution in [2.45, 2.75) is 19.9 Å². The molecule has 2 aromatic rings. The lowest BCUT2D eigenvalue weighted by Crippen LogP contribution is -2.14. The smallest absolute Gasteiger partial charge is 0.125 e. The first kappa shape index (κ1) is 13.9. The summed E-state index contributed by atoms with van der Waals surface area (Å²) < 4.78 is 5.37. The standard InChI is InChI=1S/C16H18ClNO/c1-10-5-4-6-13(11(10)2)16(18)14-8-7-12(17)9-15(14)19-3/h4-9,16H,18H2,1-3H3. The summed E-state index contributed by atoms with van der Waals surface area (Å²) in [6.45, 7) is 4.18. The third-order valence-electron chi connectivity index (χ3n) is 3.51. The number of methoxy groups -OCH3 is 1.